The van der Waals surface area contributed by atoms with E-state index >= 15 is 0 Å². The maximum absolute atomic E-state index is 10.9. The second kappa shape index (κ2) is 6.91. The lowest BCUT2D eigenvalue weighted by atomic mass is 10.1. The molecule has 0 aliphatic rings. The monoisotopic (exact) mass is 237 g/mol. The first-order chi connectivity index (χ1) is 8.17. The number of rotatable bonds is 6. The number of benzene rings is 1. The van der Waals surface area contributed by atoms with Crippen LogP contribution < -0.4 is 10.1 Å². The molecule has 0 fully saturated rings. The molecule has 4 heteroatoms. The molecule has 17 heavy (non-hydrogen) atoms. The Hall–Kier alpha value is -1.55. The third-order valence-electron chi connectivity index (χ3n) is 2.60. The fraction of sp³-hybridized carbons (Fsp3) is 0.462. The van der Waals surface area contributed by atoms with Crippen LogP contribution in [0.25, 0.3) is 0 Å². The molecule has 0 saturated carbocycles. The highest BCUT2D eigenvalue weighted by Crippen LogP contribution is 2.18. The summed E-state index contributed by atoms with van der Waals surface area (Å²) in [6.07, 6.45) is 0.380. The van der Waals surface area contributed by atoms with Gasteiger partial charge in [-0.25, -0.2) is 0 Å². The number of carbonyl (C=O) groups is 1. The molecule has 0 aromatic heterocycles. The van der Waals surface area contributed by atoms with Gasteiger partial charge in [-0.3, -0.25) is 4.79 Å². The van der Waals surface area contributed by atoms with E-state index in [-0.39, 0.29) is 12.0 Å². The van der Waals surface area contributed by atoms with Crippen LogP contribution in [-0.2, 0) is 9.53 Å². The van der Waals surface area contributed by atoms with Crippen molar-refractivity contribution in [2.75, 3.05) is 20.8 Å². The molecule has 1 aromatic rings. The van der Waals surface area contributed by atoms with Crippen LogP contribution in [0.4, 0.5) is 0 Å². The van der Waals surface area contributed by atoms with E-state index in [9.17, 15) is 4.79 Å². The van der Waals surface area contributed by atoms with Crippen molar-refractivity contribution in [2.45, 2.75) is 19.4 Å². The van der Waals surface area contributed by atoms with Gasteiger partial charge in [0.1, 0.15) is 5.75 Å². The highest BCUT2D eigenvalue weighted by atomic mass is 16.5. The molecule has 4 nitrogen and oxygen atoms in total. The summed E-state index contributed by atoms with van der Waals surface area (Å²) >= 11 is 0. The van der Waals surface area contributed by atoms with E-state index in [1.807, 2.05) is 31.2 Å². The first-order valence-electron chi connectivity index (χ1n) is 5.61. The van der Waals surface area contributed by atoms with Crippen LogP contribution in [0.2, 0.25) is 0 Å². The highest BCUT2D eigenvalue weighted by molar-refractivity contribution is 5.69. The molecule has 0 spiro atoms. The smallest absolute Gasteiger partial charge is 0.306 e. The van der Waals surface area contributed by atoms with Gasteiger partial charge in [0, 0.05) is 12.6 Å². The molecular weight excluding hydrogens is 218 g/mol. The zero-order chi connectivity index (χ0) is 12.7. The van der Waals surface area contributed by atoms with Crippen LogP contribution in [-0.4, -0.2) is 26.7 Å². The lowest BCUT2D eigenvalue weighted by Crippen LogP contribution is -2.22. The van der Waals surface area contributed by atoms with Gasteiger partial charge in [-0.2, -0.15) is 0 Å². The average Bonchev–Trinajstić information content (AvgIpc) is 2.38. The van der Waals surface area contributed by atoms with Crippen molar-refractivity contribution < 1.29 is 14.3 Å². The average molecular weight is 237 g/mol. The van der Waals surface area contributed by atoms with Crippen molar-refractivity contribution >= 4 is 5.97 Å². The van der Waals surface area contributed by atoms with Crippen LogP contribution >= 0.6 is 0 Å². The Labute approximate surface area is 102 Å². The van der Waals surface area contributed by atoms with E-state index in [2.05, 4.69) is 10.1 Å². The minimum atomic E-state index is -0.199. The van der Waals surface area contributed by atoms with Gasteiger partial charge in [0.25, 0.3) is 0 Å². The summed E-state index contributed by atoms with van der Waals surface area (Å²) in [5, 5.41) is 3.26. The Kier molecular flexibility index (Phi) is 5.49. The van der Waals surface area contributed by atoms with E-state index < -0.39 is 0 Å². The van der Waals surface area contributed by atoms with E-state index in [1.54, 1.807) is 7.11 Å². The fourth-order valence-electron chi connectivity index (χ4n) is 1.52. The molecule has 0 aliphatic carbocycles. The number of esters is 1. The van der Waals surface area contributed by atoms with Crippen molar-refractivity contribution in [3.8, 4) is 5.75 Å². The van der Waals surface area contributed by atoms with Crippen LogP contribution in [0.3, 0.4) is 0 Å². The van der Waals surface area contributed by atoms with Crippen molar-refractivity contribution in [3.05, 3.63) is 29.8 Å². The number of ether oxygens (including phenoxy) is 2. The third-order valence-corrected chi connectivity index (χ3v) is 2.60. The van der Waals surface area contributed by atoms with Gasteiger partial charge in [0.15, 0.2) is 0 Å². The Balaban J connectivity index is 2.46. The molecule has 1 N–H and O–H groups in total. The lowest BCUT2D eigenvalue weighted by Gasteiger charge is -2.14. The van der Waals surface area contributed by atoms with Crippen molar-refractivity contribution in [1.29, 1.82) is 0 Å². The summed E-state index contributed by atoms with van der Waals surface area (Å²) in [6.45, 7) is 2.65. The first-order valence-corrected chi connectivity index (χ1v) is 5.61. The number of methoxy groups -OCH3 is 2. The van der Waals surface area contributed by atoms with E-state index in [0.29, 0.717) is 13.0 Å². The van der Waals surface area contributed by atoms with Crippen LogP contribution in [0.15, 0.2) is 24.3 Å². The molecule has 94 valence electrons. The predicted octanol–water partition coefficient (Wildman–Crippen LogP) is 1.91. The Morgan fingerprint density at radius 2 is 2.18 bits per heavy atom. The summed E-state index contributed by atoms with van der Waals surface area (Å²) in [4.78, 5) is 10.9. The molecule has 0 bridgehead atoms. The molecule has 0 amide bonds. The van der Waals surface area contributed by atoms with Gasteiger partial charge in [-0.05, 0) is 24.6 Å². The zero-order valence-electron chi connectivity index (χ0n) is 10.5. The number of hydrogen-bond donors (Lipinski definition) is 1. The van der Waals surface area contributed by atoms with Gasteiger partial charge < -0.3 is 14.8 Å². The molecule has 0 saturated heterocycles. The Morgan fingerprint density at radius 3 is 2.82 bits per heavy atom. The molecule has 1 atom stereocenters. The zero-order valence-corrected chi connectivity index (χ0v) is 10.5. The molecule has 0 radical (unpaired) electrons. The quantitative estimate of drug-likeness (QED) is 0.768. The summed E-state index contributed by atoms with van der Waals surface area (Å²) in [5.41, 5.74) is 1.13. The van der Waals surface area contributed by atoms with Crippen molar-refractivity contribution in [1.82, 2.24) is 5.32 Å². The molecular formula is C13H19NO3. The van der Waals surface area contributed by atoms with E-state index in [4.69, 9.17) is 4.74 Å². The minimum Gasteiger partial charge on any atom is -0.497 e. The predicted molar refractivity (Wildman–Crippen MR) is 66.0 cm³/mol. The number of hydrogen-bond acceptors (Lipinski definition) is 4. The molecule has 1 unspecified atom stereocenters. The van der Waals surface area contributed by atoms with Gasteiger partial charge in [0.2, 0.25) is 0 Å². The molecule has 0 heterocycles. The third kappa shape index (κ3) is 4.44. The fourth-order valence-corrected chi connectivity index (χ4v) is 1.52. The molecule has 0 aliphatic heterocycles. The maximum atomic E-state index is 10.9. The standard InChI is InChI=1S/C13H19NO3/c1-10(14-8-7-13(15)17-3)11-5-4-6-12(9-11)16-2/h4-6,9-10,14H,7-8H2,1-3H3. The summed E-state index contributed by atoms with van der Waals surface area (Å²) in [7, 11) is 3.04. The van der Waals surface area contributed by atoms with Crippen molar-refractivity contribution in [3.63, 3.8) is 0 Å². The van der Waals surface area contributed by atoms with Crippen molar-refractivity contribution in [2.24, 2.45) is 0 Å². The summed E-state index contributed by atoms with van der Waals surface area (Å²) in [6, 6.07) is 8.04. The number of nitrogens with one attached hydrogen (secondary N) is 1. The minimum absolute atomic E-state index is 0.176. The van der Waals surface area contributed by atoms with Gasteiger partial charge >= 0.3 is 5.97 Å². The number of carbonyl (C=O) groups excluding carboxylic acids is 1. The van der Waals surface area contributed by atoms with Gasteiger partial charge in [-0.1, -0.05) is 12.1 Å². The second-order valence-corrected chi connectivity index (χ2v) is 3.78. The van der Waals surface area contributed by atoms with E-state index in [1.165, 1.54) is 7.11 Å². The van der Waals surface area contributed by atoms with Crippen LogP contribution in [0, 0.1) is 0 Å². The van der Waals surface area contributed by atoms with Gasteiger partial charge in [0.05, 0.1) is 20.6 Å². The molecule has 1 aromatic carbocycles. The van der Waals surface area contributed by atoms with Crippen LogP contribution in [0.1, 0.15) is 24.9 Å². The lowest BCUT2D eigenvalue weighted by molar-refractivity contribution is -0.140. The first kappa shape index (κ1) is 13.5. The topological polar surface area (TPSA) is 47.6 Å². The molecule has 1 rings (SSSR count). The Morgan fingerprint density at radius 1 is 1.41 bits per heavy atom. The normalized spacial score (nSPS) is 11.9. The Bertz CT molecular complexity index is 365. The summed E-state index contributed by atoms with van der Waals surface area (Å²) in [5.74, 6) is 0.638. The summed E-state index contributed by atoms with van der Waals surface area (Å²) < 4.78 is 9.74. The highest BCUT2D eigenvalue weighted by Gasteiger charge is 2.07. The SMILES string of the molecule is COC(=O)CCNC(C)c1cccc(OC)c1. The van der Waals surface area contributed by atoms with E-state index in [0.717, 1.165) is 11.3 Å². The largest absolute Gasteiger partial charge is 0.497 e. The maximum Gasteiger partial charge on any atom is 0.306 e. The van der Waals surface area contributed by atoms with Crippen LogP contribution in [0.5, 0.6) is 5.75 Å². The second-order valence-electron chi connectivity index (χ2n) is 3.78. The van der Waals surface area contributed by atoms with Gasteiger partial charge in [-0.15, -0.1) is 0 Å².